The molecule has 3 nitrogen and oxygen atoms in total. The van der Waals surface area contributed by atoms with Crippen LogP contribution in [0.4, 0.5) is 5.69 Å². The number of aryl methyl sites for hydroxylation is 1. The van der Waals surface area contributed by atoms with Crippen LogP contribution in [0.1, 0.15) is 94.7 Å². The summed E-state index contributed by atoms with van der Waals surface area (Å²) in [5, 5.41) is 15.4. The number of benzene rings is 2. The summed E-state index contributed by atoms with van der Waals surface area (Å²) in [5.41, 5.74) is 9.66. The van der Waals surface area contributed by atoms with Crippen LogP contribution in [-0.4, -0.2) is 10.9 Å². The van der Waals surface area contributed by atoms with Gasteiger partial charge in [0.2, 0.25) is 5.78 Å². The van der Waals surface area contributed by atoms with E-state index in [1.54, 1.807) is 0 Å². The van der Waals surface area contributed by atoms with Crippen molar-refractivity contribution in [2.75, 3.05) is 5.32 Å². The molecule has 4 aliphatic rings. The maximum Gasteiger partial charge on any atom is 0.201 e. The van der Waals surface area contributed by atoms with E-state index in [0.717, 1.165) is 92.3 Å². The Bertz CT molecular complexity index is 1470. The lowest BCUT2D eigenvalue weighted by atomic mass is 9.64. The van der Waals surface area contributed by atoms with Gasteiger partial charge in [-0.1, -0.05) is 81.7 Å². The standard InChI is InChI=1S/C36H41NO2/c1-23-15-9-10-18-27(23)35(3)21-13-5-7-16-25(24(35)2)30-32(38)31(33(30)39)26-17-8-6-14-22-36(4)28-19-11-12-20-29(28)37-34(26)36/h9-12,15,18-20,37-38H,2,5-8,13-14,16-17,21-22H2,1,3-4H3/b30-25-,34-26-. The van der Waals surface area contributed by atoms with Gasteiger partial charge in [-0.25, -0.2) is 0 Å². The number of Topliss-reactive ketones (excluding diaryl/α,β-unsaturated/α-hetero) is 1. The first-order chi connectivity index (χ1) is 18.8. The van der Waals surface area contributed by atoms with Gasteiger partial charge in [-0.3, -0.25) is 4.79 Å². The molecule has 202 valence electrons. The number of aliphatic hydroxyl groups is 1. The van der Waals surface area contributed by atoms with Crippen molar-refractivity contribution in [3.63, 3.8) is 0 Å². The largest absolute Gasteiger partial charge is 0.506 e. The van der Waals surface area contributed by atoms with Gasteiger partial charge in [0.25, 0.3) is 0 Å². The van der Waals surface area contributed by atoms with E-state index in [-0.39, 0.29) is 22.4 Å². The highest BCUT2D eigenvalue weighted by atomic mass is 16.3. The summed E-state index contributed by atoms with van der Waals surface area (Å²) in [6.07, 6.45) is 10.2. The third-order valence-electron chi connectivity index (χ3n) is 10.1. The molecule has 0 saturated heterocycles. The average Bonchev–Trinajstić information content (AvgIpc) is 3.21. The number of aliphatic hydroxyl groups excluding tert-OH is 1. The number of ketones is 1. The lowest BCUT2D eigenvalue weighted by molar-refractivity contribution is -0.113. The molecule has 2 aromatic rings. The summed E-state index contributed by atoms with van der Waals surface area (Å²) in [6.45, 7) is 11.4. The van der Waals surface area contributed by atoms with Gasteiger partial charge in [0, 0.05) is 22.2 Å². The van der Waals surface area contributed by atoms with Crippen molar-refractivity contribution < 1.29 is 9.90 Å². The lowest BCUT2D eigenvalue weighted by Gasteiger charge is -2.39. The van der Waals surface area contributed by atoms with Crippen LogP contribution >= 0.6 is 0 Å². The number of fused-ring (bicyclic) bond motifs is 3. The van der Waals surface area contributed by atoms with E-state index >= 15 is 0 Å². The molecule has 2 aromatic carbocycles. The van der Waals surface area contributed by atoms with Crippen molar-refractivity contribution >= 4 is 11.5 Å². The molecule has 1 fully saturated rings. The maximum atomic E-state index is 14.1. The molecule has 2 atom stereocenters. The Morgan fingerprint density at radius 2 is 1.38 bits per heavy atom. The van der Waals surface area contributed by atoms with Gasteiger partial charge in [-0.15, -0.1) is 0 Å². The molecule has 0 spiro atoms. The molecule has 0 bridgehead atoms. The molecule has 1 heterocycles. The van der Waals surface area contributed by atoms with E-state index in [1.165, 1.54) is 16.7 Å². The number of hydrogen-bond acceptors (Lipinski definition) is 3. The third-order valence-corrected chi connectivity index (χ3v) is 10.1. The van der Waals surface area contributed by atoms with Crippen molar-refractivity contribution in [2.45, 2.75) is 95.8 Å². The van der Waals surface area contributed by atoms with Gasteiger partial charge in [-0.2, -0.15) is 0 Å². The van der Waals surface area contributed by atoms with Crippen molar-refractivity contribution in [3.05, 3.63) is 111 Å². The topological polar surface area (TPSA) is 49.3 Å². The number of allylic oxidation sites excluding steroid dienone is 6. The predicted octanol–water partition coefficient (Wildman–Crippen LogP) is 9.07. The molecule has 1 saturated carbocycles. The molecule has 3 aliphatic carbocycles. The van der Waals surface area contributed by atoms with Gasteiger partial charge in [0.1, 0.15) is 5.76 Å². The molecule has 2 unspecified atom stereocenters. The van der Waals surface area contributed by atoms with E-state index < -0.39 is 0 Å². The SMILES string of the molecule is C=C1/C(=C2\C(=O)C(C3=C4\Nc5ccccc5C4(C)CCCCC\3)=C2O)CCCCCC1(C)c1ccccc1C. The molecule has 39 heavy (non-hydrogen) atoms. The van der Waals surface area contributed by atoms with Crippen LogP contribution in [0.3, 0.4) is 0 Å². The number of rotatable bonds is 2. The molecule has 1 aliphatic heterocycles. The lowest BCUT2D eigenvalue weighted by Crippen LogP contribution is -2.33. The fourth-order valence-corrected chi connectivity index (χ4v) is 7.80. The molecular weight excluding hydrogens is 478 g/mol. The number of carbonyl (C=O) groups is 1. The third kappa shape index (κ3) is 3.96. The first kappa shape index (κ1) is 25.9. The molecule has 3 heteroatoms. The van der Waals surface area contributed by atoms with Crippen LogP contribution in [0.25, 0.3) is 0 Å². The molecular formula is C36H41NO2. The second-order valence-corrected chi connectivity index (χ2v) is 12.5. The first-order valence-electron chi connectivity index (χ1n) is 14.9. The zero-order valence-corrected chi connectivity index (χ0v) is 23.8. The number of hydrogen-bond donors (Lipinski definition) is 2. The molecule has 0 amide bonds. The summed E-state index contributed by atoms with van der Waals surface area (Å²) < 4.78 is 0. The Labute approximate surface area is 233 Å². The van der Waals surface area contributed by atoms with Crippen LogP contribution in [0, 0.1) is 6.92 Å². The predicted molar refractivity (Wildman–Crippen MR) is 160 cm³/mol. The fourth-order valence-electron chi connectivity index (χ4n) is 7.80. The Morgan fingerprint density at radius 1 is 0.769 bits per heavy atom. The fraction of sp³-hybridized carbons (Fsp3) is 0.417. The van der Waals surface area contributed by atoms with Gasteiger partial charge in [-0.05, 0) is 91.8 Å². The number of para-hydroxylation sites is 1. The van der Waals surface area contributed by atoms with Crippen LogP contribution < -0.4 is 5.32 Å². The first-order valence-corrected chi connectivity index (χ1v) is 14.9. The minimum absolute atomic E-state index is 0.000429. The van der Waals surface area contributed by atoms with E-state index in [1.807, 2.05) is 0 Å². The Kier molecular flexibility index (Phi) is 6.44. The van der Waals surface area contributed by atoms with Crippen LogP contribution in [-0.2, 0) is 15.6 Å². The second-order valence-electron chi connectivity index (χ2n) is 12.5. The highest BCUT2D eigenvalue weighted by molar-refractivity contribution is 6.22. The van der Waals surface area contributed by atoms with Crippen molar-refractivity contribution in [3.8, 4) is 0 Å². The number of anilines is 1. The van der Waals surface area contributed by atoms with Crippen molar-refractivity contribution in [1.29, 1.82) is 0 Å². The summed E-state index contributed by atoms with van der Waals surface area (Å²) in [6, 6.07) is 17.1. The van der Waals surface area contributed by atoms with Crippen LogP contribution in [0.2, 0.25) is 0 Å². The van der Waals surface area contributed by atoms with Crippen LogP contribution in [0.15, 0.2) is 94.4 Å². The molecule has 0 aromatic heterocycles. The van der Waals surface area contributed by atoms with Gasteiger partial charge in [0.15, 0.2) is 0 Å². The maximum absolute atomic E-state index is 14.1. The minimum Gasteiger partial charge on any atom is -0.506 e. The van der Waals surface area contributed by atoms with Gasteiger partial charge in [0.05, 0.1) is 11.1 Å². The van der Waals surface area contributed by atoms with E-state index in [0.29, 0.717) is 11.1 Å². The van der Waals surface area contributed by atoms with E-state index in [4.69, 9.17) is 0 Å². The Balaban J connectivity index is 1.48. The monoisotopic (exact) mass is 519 g/mol. The zero-order chi connectivity index (χ0) is 27.4. The number of nitrogens with one attached hydrogen (secondary N) is 1. The normalized spacial score (nSPS) is 31.4. The Morgan fingerprint density at radius 3 is 2.08 bits per heavy atom. The minimum atomic E-state index is -0.264. The Hall–Kier alpha value is -3.33. The van der Waals surface area contributed by atoms with Crippen LogP contribution in [0.5, 0.6) is 0 Å². The van der Waals surface area contributed by atoms with Crippen molar-refractivity contribution in [2.24, 2.45) is 0 Å². The second kappa shape index (κ2) is 9.70. The smallest absolute Gasteiger partial charge is 0.201 e. The summed E-state index contributed by atoms with van der Waals surface area (Å²) in [7, 11) is 0. The summed E-state index contributed by atoms with van der Waals surface area (Å²) in [4.78, 5) is 14.1. The summed E-state index contributed by atoms with van der Waals surface area (Å²) >= 11 is 0. The molecule has 0 radical (unpaired) electrons. The van der Waals surface area contributed by atoms with Crippen molar-refractivity contribution in [1.82, 2.24) is 0 Å². The quantitative estimate of drug-likeness (QED) is 0.389. The van der Waals surface area contributed by atoms with Gasteiger partial charge < -0.3 is 10.4 Å². The zero-order valence-electron chi connectivity index (χ0n) is 23.8. The highest BCUT2D eigenvalue weighted by Gasteiger charge is 2.47. The molecule has 6 rings (SSSR count). The van der Waals surface area contributed by atoms with E-state index in [2.05, 4.69) is 81.2 Å². The number of carbonyl (C=O) groups excluding carboxylic acids is 1. The molecule has 2 N–H and O–H groups in total. The average molecular weight is 520 g/mol. The summed E-state index contributed by atoms with van der Waals surface area (Å²) in [5.74, 6) is 0.187. The highest BCUT2D eigenvalue weighted by Crippen LogP contribution is 2.53. The van der Waals surface area contributed by atoms with Gasteiger partial charge >= 0.3 is 0 Å². The van der Waals surface area contributed by atoms with E-state index in [9.17, 15) is 9.90 Å².